The van der Waals surface area contributed by atoms with Crippen LogP contribution >= 0.6 is 0 Å². The van der Waals surface area contributed by atoms with E-state index in [1.807, 2.05) is 41.0 Å². The van der Waals surface area contributed by atoms with Crippen molar-refractivity contribution < 1.29 is 9.59 Å². The molecule has 0 bridgehead atoms. The van der Waals surface area contributed by atoms with Crippen molar-refractivity contribution >= 4 is 22.8 Å². The molecule has 2 saturated heterocycles. The van der Waals surface area contributed by atoms with Crippen LogP contribution in [-0.4, -0.2) is 81.5 Å². The Balaban J connectivity index is 1.29. The van der Waals surface area contributed by atoms with Gasteiger partial charge in [0, 0.05) is 58.8 Å². The van der Waals surface area contributed by atoms with Crippen LogP contribution in [0, 0.1) is 0 Å². The van der Waals surface area contributed by atoms with Gasteiger partial charge in [0.1, 0.15) is 0 Å². The lowest BCUT2D eigenvalue weighted by Gasteiger charge is -2.36. The fourth-order valence-corrected chi connectivity index (χ4v) is 4.75. The first-order valence-corrected chi connectivity index (χ1v) is 11.5. The highest BCUT2D eigenvalue weighted by Gasteiger charge is 2.25. The third-order valence-corrected chi connectivity index (χ3v) is 6.58. The third-order valence-electron chi connectivity index (χ3n) is 6.58. The van der Waals surface area contributed by atoms with Gasteiger partial charge >= 0.3 is 5.69 Å². The quantitative estimate of drug-likeness (QED) is 0.698. The van der Waals surface area contributed by atoms with E-state index in [4.69, 9.17) is 0 Å². The number of likely N-dealkylation sites (tertiary alicyclic amines) is 1. The molecule has 8 heteroatoms. The predicted molar refractivity (Wildman–Crippen MR) is 120 cm³/mol. The van der Waals surface area contributed by atoms with E-state index in [-0.39, 0.29) is 17.5 Å². The monoisotopic (exact) mass is 427 g/mol. The van der Waals surface area contributed by atoms with E-state index in [2.05, 4.69) is 4.90 Å². The Morgan fingerprint density at radius 1 is 0.806 bits per heavy atom. The minimum absolute atomic E-state index is 0.0578. The summed E-state index contributed by atoms with van der Waals surface area (Å²) in [4.78, 5) is 44.0. The molecule has 0 saturated carbocycles. The molecule has 0 radical (unpaired) electrons. The summed E-state index contributed by atoms with van der Waals surface area (Å²) in [6, 6.07) is 7.73. The van der Waals surface area contributed by atoms with E-state index in [0.717, 1.165) is 50.1 Å². The molecule has 0 atom stereocenters. The highest BCUT2D eigenvalue weighted by atomic mass is 16.2. The van der Waals surface area contributed by atoms with Crippen molar-refractivity contribution in [1.29, 1.82) is 0 Å². The average molecular weight is 428 g/mol. The fourth-order valence-electron chi connectivity index (χ4n) is 4.75. The summed E-state index contributed by atoms with van der Waals surface area (Å²) in [7, 11) is 0. The Morgan fingerprint density at radius 2 is 1.42 bits per heavy atom. The number of hydrogen-bond acceptors (Lipinski definition) is 4. The van der Waals surface area contributed by atoms with Gasteiger partial charge in [0.15, 0.2) is 0 Å². The van der Waals surface area contributed by atoms with Crippen molar-refractivity contribution in [2.75, 3.05) is 45.8 Å². The zero-order valence-electron chi connectivity index (χ0n) is 18.5. The minimum Gasteiger partial charge on any atom is -0.342 e. The van der Waals surface area contributed by atoms with E-state index < -0.39 is 0 Å². The maximum Gasteiger partial charge on any atom is 0.329 e. The van der Waals surface area contributed by atoms with Crippen LogP contribution in [0.1, 0.15) is 32.6 Å². The highest BCUT2D eigenvalue weighted by molar-refractivity contribution is 5.79. The van der Waals surface area contributed by atoms with E-state index in [1.165, 1.54) is 6.42 Å². The number of carbonyl (C=O) groups excluding carboxylic acids is 2. The molecule has 168 valence electrons. The predicted octanol–water partition coefficient (Wildman–Crippen LogP) is 1.37. The summed E-state index contributed by atoms with van der Waals surface area (Å²) in [6.45, 7) is 7.89. The van der Waals surface area contributed by atoms with Crippen molar-refractivity contribution in [1.82, 2.24) is 23.8 Å². The van der Waals surface area contributed by atoms with E-state index >= 15 is 0 Å². The number of fused-ring (bicyclic) bond motifs is 1. The molecule has 2 aromatic rings. The van der Waals surface area contributed by atoms with E-state index in [0.29, 0.717) is 39.1 Å². The van der Waals surface area contributed by atoms with Gasteiger partial charge in [0.25, 0.3) is 0 Å². The summed E-state index contributed by atoms with van der Waals surface area (Å²) in [5, 5.41) is 0. The smallest absolute Gasteiger partial charge is 0.329 e. The maximum atomic E-state index is 12.8. The number of hydrogen-bond donors (Lipinski definition) is 0. The summed E-state index contributed by atoms with van der Waals surface area (Å²) in [5.41, 5.74) is 1.73. The van der Waals surface area contributed by atoms with Gasteiger partial charge in [-0.3, -0.25) is 23.6 Å². The first kappa shape index (κ1) is 21.6. The van der Waals surface area contributed by atoms with Crippen LogP contribution in [0.2, 0.25) is 0 Å². The second-order valence-corrected chi connectivity index (χ2v) is 8.52. The van der Waals surface area contributed by atoms with Gasteiger partial charge in [-0.25, -0.2) is 4.79 Å². The lowest BCUT2D eigenvalue weighted by molar-refractivity contribution is -0.135. The average Bonchev–Trinajstić information content (AvgIpc) is 3.08. The zero-order valence-corrected chi connectivity index (χ0v) is 18.5. The molecular formula is C23H33N5O3. The molecule has 0 unspecified atom stereocenters. The maximum absolute atomic E-state index is 12.8. The summed E-state index contributed by atoms with van der Waals surface area (Å²) >= 11 is 0. The topological polar surface area (TPSA) is 70.8 Å². The van der Waals surface area contributed by atoms with Crippen LogP contribution in [0.5, 0.6) is 0 Å². The van der Waals surface area contributed by atoms with Gasteiger partial charge < -0.3 is 9.80 Å². The normalized spacial score (nSPS) is 18.0. The Hall–Kier alpha value is -2.61. The molecule has 31 heavy (non-hydrogen) atoms. The van der Waals surface area contributed by atoms with Crippen molar-refractivity contribution in [2.45, 2.75) is 45.7 Å². The van der Waals surface area contributed by atoms with Crippen LogP contribution in [-0.2, 0) is 22.7 Å². The van der Waals surface area contributed by atoms with Crippen LogP contribution in [0.3, 0.4) is 0 Å². The number of piperazine rings is 1. The molecule has 2 aliphatic rings. The first-order valence-electron chi connectivity index (χ1n) is 11.5. The molecule has 0 N–H and O–H groups in total. The number of piperidine rings is 1. The number of carbonyl (C=O) groups is 2. The summed E-state index contributed by atoms with van der Waals surface area (Å²) in [5.74, 6) is 0.286. The Labute approximate surface area is 183 Å². The van der Waals surface area contributed by atoms with Crippen molar-refractivity contribution in [3.05, 3.63) is 34.7 Å². The number of aromatic nitrogens is 2. The number of imidazole rings is 1. The molecule has 1 aromatic heterocycles. The minimum atomic E-state index is -0.0578. The molecule has 0 spiro atoms. The molecular weight excluding hydrogens is 394 g/mol. The molecule has 2 aliphatic heterocycles. The van der Waals surface area contributed by atoms with Gasteiger partial charge in [-0.05, 0) is 38.3 Å². The molecule has 2 fully saturated rings. The number of rotatable bonds is 6. The van der Waals surface area contributed by atoms with Crippen molar-refractivity contribution in [2.24, 2.45) is 0 Å². The molecule has 3 heterocycles. The fraction of sp³-hybridized carbons (Fsp3) is 0.609. The molecule has 4 rings (SSSR count). The molecule has 1 aromatic carbocycles. The highest BCUT2D eigenvalue weighted by Crippen LogP contribution is 2.14. The number of nitrogens with zero attached hydrogens (tertiary/aromatic N) is 5. The Morgan fingerprint density at radius 3 is 2.06 bits per heavy atom. The molecule has 0 aliphatic carbocycles. The second kappa shape index (κ2) is 9.68. The van der Waals surface area contributed by atoms with Gasteiger partial charge in [-0.15, -0.1) is 0 Å². The molecule has 8 nitrogen and oxygen atoms in total. The molecule has 2 amide bonds. The number of amides is 2. The van der Waals surface area contributed by atoms with Crippen molar-refractivity contribution in [3.63, 3.8) is 0 Å². The number of benzene rings is 1. The lowest BCUT2D eigenvalue weighted by Crippen LogP contribution is -2.52. The standard InChI is InChI=1S/C23H33N5O3/c1-2-27-19-8-4-5-9-20(19)28(23(27)31)13-10-21(29)26-16-14-24(15-17-26)18-22(30)25-11-6-3-7-12-25/h4-5,8-9H,2-3,6-7,10-18H2,1H3. The number of aryl methyl sites for hydroxylation is 2. The van der Waals surface area contributed by atoms with Gasteiger partial charge in [-0.2, -0.15) is 0 Å². The van der Waals surface area contributed by atoms with Crippen molar-refractivity contribution in [3.8, 4) is 0 Å². The Kier molecular flexibility index (Phi) is 6.75. The summed E-state index contributed by atoms with van der Waals surface area (Å²) in [6.07, 6.45) is 3.74. The lowest BCUT2D eigenvalue weighted by atomic mass is 10.1. The van der Waals surface area contributed by atoms with Crippen LogP contribution in [0.15, 0.2) is 29.1 Å². The third kappa shape index (κ3) is 4.69. The van der Waals surface area contributed by atoms with Crippen LogP contribution in [0.4, 0.5) is 0 Å². The van der Waals surface area contributed by atoms with Crippen LogP contribution < -0.4 is 5.69 Å². The SMILES string of the molecule is CCn1c(=O)n(CCC(=O)N2CCN(CC(=O)N3CCCCC3)CC2)c2ccccc21. The first-order chi connectivity index (χ1) is 15.1. The van der Waals surface area contributed by atoms with Gasteiger partial charge in [-0.1, -0.05) is 12.1 Å². The number of para-hydroxylation sites is 2. The van der Waals surface area contributed by atoms with Crippen LogP contribution in [0.25, 0.3) is 11.0 Å². The van der Waals surface area contributed by atoms with Gasteiger partial charge in [0.05, 0.1) is 17.6 Å². The second-order valence-electron chi connectivity index (χ2n) is 8.52. The summed E-state index contributed by atoms with van der Waals surface area (Å²) < 4.78 is 3.46. The van der Waals surface area contributed by atoms with E-state index in [9.17, 15) is 14.4 Å². The van der Waals surface area contributed by atoms with Gasteiger partial charge in [0.2, 0.25) is 11.8 Å². The zero-order chi connectivity index (χ0) is 21.8. The Bertz CT molecular complexity index is 981. The largest absolute Gasteiger partial charge is 0.342 e. The van der Waals surface area contributed by atoms with E-state index in [1.54, 1.807) is 9.13 Å².